The van der Waals surface area contributed by atoms with E-state index < -0.39 is 5.41 Å². The molecule has 1 fully saturated rings. The highest BCUT2D eigenvalue weighted by Gasteiger charge is 2.48. The fraction of sp³-hybridized carbons (Fsp3) is 0.286. The Balaban J connectivity index is 2.11. The molecule has 0 atom stereocenters. The van der Waals surface area contributed by atoms with E-state index in [2.05, 4.69) is 21.0 Å². The van der Waals surface area contributed by atoms with Crippen LogP contribution < -0.4 is 0 Å². The van der Waals surface area contributed by atoms with Gasteiger partial charge in [0.05, 0.1) is 11.8 Å². The van der Waals surface area contributed by atoms with Crippen molar-refractivity contribution in [3.63, 3.8) is 0 Å². The Morgan fingerprint density at radius 3 is 2.56 bits per heavy atom. The van der Waals surface area contributed by atoms with Crippen LogP contribution in [0.15, 0.2) is 30.6 Å². The molecule has 0 saturated heterocycles. The molecule has 1 aliphatic carbocycles. The van der Waals surface area contributed by atoms with Crippen molar-refractivity contribution in [3.05, 3.63) is 42.1 Å². The molecule has 0 aromatic carbocycles. The third-order valence-corrected chi connectivity index (χ3v) is 3.22. The van der Waals surface area contributed by atoms with E-state index >= 15 is 0 Å². The molecule has 2 aromatic rings. The maximum atomic E-state index is 9.22. The molecule has 1 saturated carbocycles. The van der Waals surface area contributed by atoms with Crippen LogP contribution in [0.5, 0.6) is 0 Å². The van der Waals surface area contributed by atoms with E-state index in [0.717, 1.165) is 29.8 Å². The second-order valence-corrected chi connectivity index (χ2v) is 4.65. The fourth-order valence-corrected chi connectivity index (χ4v) is 1.96. The maximum absolute atomic E-state index is 9.22. The SMILES string of the molecule is Cc1cc(-c2ccncc2)nc(C2(C#N)CC2)n1. The van der Waals surface area contributed by atoms with Gasteiger partial charge >= 0.3 is 0 Å². The molecule has 2 aromatic heterocycles. The second kappa shape index (κ2) is 3.88. The van der Waals surface area contributed by atoms with Crippen LogP contribution >= 0.6 is 0 Å². The van der Waals surface area contributed by atoms with Crippen molar-refractivity contribution in [2.75, 3.05) is 0 Å². The molecular weight excluding hydrogens is 224 g/mol. The third kappa shape index (κ3) is 1.74. The highest BCUT2D eigenvalue weighted by Crippen LogP contribution is 2.46. The minimum absolute atomic E-state index is 0.437. The van der Waals surface area contributed by atoms with Gasteiger partial charge in [0.1, 0.15) is 11.2 Å². The minimum Gasteiger partial charge on any atom is -0.265 e. The molecule has 0 N–H and O–H groups in total. The number of hydrogen-bond acceptors (Lipinski definition) is 4. The standard InChI is InChI=1S/C14H12N4/c1-10-8-12(11-2-6-16-7-3-11)18-13(17-10)14(9-15)4-5-14/h2-3,6-8H,4-5H2,1H3. The van der Waals surface area contributed by atoms with Crippen molar-refractivity contribution in [1.29, 1.82) is 5.26 Å². The molecule has 18 heavy (non-hydrogen) atoms. The van der Waals surface area contributed by atoms with Crippen LogP contribution in [0.25, 0.3) is 11.3 Å². The summed E-state index contributed by atoms with van der Waals surface area (Å²) in [6.45, 7) is 1.93. The zero-order valence-electron chi connectivity index (χ0n) is 10.1. The zero-order valence-corrected chi connectivity index (χ0v) is 10.1. The molecule has 1 aliphatic rings. The predicted octanol–water partition coefficient (Wildman–Crippen LogP) is 2.40. The Hall–Kier alpha value is -2.28. The van der Waals surface area contributed by atoms with Gasteiger partial charge in [-0.2, -0.15) is 5.26 Å². The highest BCUT2D eigenvalue weighted by molar-refractivity contribution is 5.58. The third-order valence-electron chi connectivity index (χ3n) is 3.22. The highest BCUT2D eigenvalue weighted by atomic mass is 14.9. The van der Waals surface area contributed by atoms with Crippen molar-refractivity contribution < 1.29 is 0 Å². The van der Waals surface area contributed by atoms with E-state index in [4.69, 9.17) is 0 Å². The van der Waals surface area contributed by atoms with Crippen LogP contribution in [0, 0.1) is 18.3 Å². The number of nitrogens with zero attached hydrogens (tertiary/aromatic N) is 4. The summed E-state index contributed by atoms with van der Waals surface area (Å²) in [7, 11) is 0. The largest absolute Gasteiger partial charge is 0.265 e. The molecule has 0 unspecified atom stereocenters. The molecule has 2 heterocycles. The van der Waals surface area contributed by atoms with Gasteiger partial charge in [0, 0.05) is 23.7 Å². The molecule has 0 bridgehead atoms. The fourth-order valence-electron chi connectivity index (χ4n) is 1.96. The van der Waals surface area contributed by atoms with Crippen LogP contribution in [0.1, 0.15) is 24.4 Å². The van der Waals surface area contributed by atoms with Crippen molar-refractivity contribution >= 4 is 0 Å². The minimum atomic E-state index is -0.437. The van der Waals surface area contributed by atoms with E-state index in [9.17, 15) is 5.26 Å². The lowest BCUT2D eigenvalue weighted by Gasteiger charge is -2.08. The van der Waals surface area contributed by atoms with Gasteiger partial charge in [0.2, 0.25) is 0 Å². The number of rotatable bonds is 2. The second-order valence-electron chi connectivity index (χ2n) is 4.65. The summed E-state index contributed by atoms with van der Waals surface area (Å²) in [6.07, 6.45) is 5.21. The summed E-state index contributed by atoms with van der Waals surface area (Å²) in [5, 5.41) is 9.22. The molecule has 0 amide bonds. The Kier molecular flexibility index (Phi) is 2.34. The first kappa shape index (κ1) is 10.8. The molecule has 0 radical (unpaired) electrons. The maximum Gasteiger partial charge on any atom is 0.149 e. The number of hydrogen-bond donors (Lipinski definition) is 0. The van der Waals surface area contributed by atoms with Crippen LogP contribution in [0.4, 0.5) is 0 Å². The number of pyridine rings is 1. The summed E-state index contributed by atoms with van der Waals surface area (Å²) in [5.74, 6) is 0.664. The van der Waals surface area contributed by atoms with Crippen LogP contribution in [-0.4, -0.2) is 15.0 Å². The Bertz CT molecular complexity index is 624. The number of aryl methyl sites for hydroxylation is 1. The van der Waals surface area contributed by atoms with Gasteiger partial charge in [-0.1, -0.05) is 0 Å². The van der Waals surface area contributed by atoms with E-state index in [-0.39, 0.29) is 0 Å². The van der Waals surface area contributed by atoms with Crippen LogP contribution in [0.2, 0.25) is 0 Å². The summed E-state index contributed by atoms with van der Waals surface area (Å²) in [5.41, 5.74) is 2.33. The van der Waals surface area contributed by atoms with Crippen molar-refractivity contribution in [2.24, 2.45) is 0 Å². The van der Waals surface area contributed by atoms with Crippen molar-refractivity contribution in [1.82, 2.24) is 15.0 Å². The summed E-state index contributed by atoms with van der Waals surface area (Å²) >= 11 is 0. The van der Waals surface area contributed by atoms with E-state index in [0.29, 0.717) is 5.82 Å². The lowest BCUT2D eigenvalue weighted by Crippen LogP contribution is -2.10. The lowest BCUT2D eigenvalue weighted by atomic mass is 10.1. The van der Waals surface area contributed by atoms with Gasteiger partial charge in [-0.25, -0.2) is 9.97 Å². The van der Waals surface area contributed by atoms with Gasteiger partial charge < -0.3 is 0 Å². The van der Waals surface area contributed by atoms with E-state index in [1.54, 1.807) is 12.4 Å². The normalized spacial score (nSPS) is 16.0. The molecule has 0 spiro atoms. The first-order valence-corrected chi connectivity index (χ1v) is 5.91. The molecule has 88 valence electrons. The average molecular weight is 236 g/mol. The quantitative estimate of drug-likeness (QED) is 0.803. The first-order chi connectivity index (χ1) is 8.73. The van der Waals surface area contributed by atoms with E-state index in [1.165, 1.54) is 0 Å². The van der Waals surface area contributed by atoms with Gasteiger partial charge in [-0.15, -0.1) is 0 Å². The van der Waals surface area contributed by atoms with Gasteiger partial charge in [-0.3, -0.25) is 4.98 Å². The average Bonchev–Trinajstić information content (AvgIpc) is 3.20. The molecular formula is C14H12N4. The van der Waals surface area contributed by atoms with Gasteiger partial charge in [-0.05, 0) is 38.0 Å². The Morgan fingerprint density at radius 1 is 1.22 bits per heavy atom. The molecule has 4 heteroatoms. The van der Waals surface area contributed by atoms with Crippen molar-refractivity contribution in [2.45, 2.75) is 25.2 Å². The Labute approximate surface area is 105 Å². The topological polar surface area (TPSA) is 62.5 Å². The first-order valence-electron chi connectivity index (χ1n) is 5.91. The van der Waals surface area contributed by atoms with Gasteiger partial charge in [0.15, 0.2) is 0 Å². The van der Waals surface area contributed by atoms with Crippen molar-refractivity contribution in [3.8, 4) is 17.3 Å². The smallest absolute Gasteiger partial charge is 0.149 e. The summed E-state index contributed by atoms with van der Waals surface area (Å²) < 4.78 is 0. The lowest BCUT2D eigenvalue weighted by molar-refractivity contribution is 0.789. The molecule has 3 rings (SSSR count). The zero-order chi connectivity index (χ0) is 12.6. The number of aromatic nitrogens is 3. The summed E-state index contributed by atoms with van der Waals surface area (Å²) in [6, 6.07) is 8.10. The molecule has 0 aliphatic heterocycles. The monoisotopic (exact) mass is 236 g/mol. The summed E-state index contributed by atoms with van der Waals surface area (Å²) in [4.78, 5) is 13.0. The van der Waals surface area contributed by atoms with Crippen LogP contribution in [0.3, 0.4) is 0 Å². The predicted molar refractivity (Wildman–Crippen MR) is 66.5 cm³/mol. The van der Waals surface area contributed by atoms with Gasteiger partial charge in [0.25, 0.3) is 0 Å². The molecule has 4 nitrogen and oxygen atoms in total. The van der Waals surface area contributed by atoms with Crippen LogP contribution in [-0.2, 0) is 5.41 Å². The van der Waals surface area contributed by atoms with E-state index in [1.807, 2.05) is 25.1 Å². The Morgan fingerprint density at radius 2 is 1.94 bits per heavy atom. The number of nitriles is 1.